The third-order valence-electron chi connectivity index (χ3n) is 5.91. The van der Waals surface area contributed by atoms with E-state index in [0.717, 1.165) is 0 Å². The summed E-state index contributed by atoms with van der Waals surface area (Å²) in [5, 5.41) is 4.69. The number of hydrogen-bond donors (Lipinski definition) is 0. The van der Waals surface area contributed by atoms with Crippen molar-refractivity contribution < 1.29 is 0 Å². The summed E-state index contributed by atoms with van der Waals surface area (Å²) in [7, 11) is -1.56. The Morgan fingerprint density at radius 2 is 1.25 bits per heavy atom. The monoisotopic (exact) mass is 391 g/mol. The van der Waals surface area contributed by atoms with Crippen LogP contribution in [0.4, 0.5) is 0 Å². The molecule has 0 atom stereocenters. The van der Waals surface area contributed by atoms with Crippen LogP contribution in [0, 0.1) is 0 Å². The molecule has 0 heterocycles. The van der Waals surface area contributed by atoms with Crippen molar-refractivity contribution in [2.24, 2.45) is 0 Å². The van der Waals surface area contributed by atoms with E-state index in [-0.39, 0.29) is 0 Å². The molecule has 1 heteroatoms. The lowest BCUT2D eigenvalue weighted by atomic mass is 10.1. The number of unbranched alkanes of at least 4 members (excludes halogenated alkanes) is 6. The van der Waals surface area contributed by atoms with Crippen molar-refractivity contribution in [3.63, 3.8) is 0 Å². The highest BCUT2D eigenvalue weighted by Gasteiger charge is 2.45. The Morgan fingerprint density at radius 1 is 0.679 bits per heavy atom. The Kier molecular flexibility index (Phi) is 8.56. The van der Waals surface area contributed by atoms with E-state index in [2.05, 4.69) is 85.8 Å². The van der Waals surface area contributed by atoms with Crippen LogP contribution in [0.15, 0.2) is 84.2 Å². The first-order chi connectivity index (χ1) is 13.9. The van der Waals surface area contributed by atoms with Gasteiger partial charge in [0.25, 0.3) is 0 Å². The third-order valence-corrected chi connectivity index (χ3v) is 10.5. The van der Waals surface area contributed by atoms with Crippen LogP contribution in [-0.4, -0.2) is 6.16 Å². The largest absolute Gasteiger partial charge is 0.111 e. The maximum Gasteiger partial charge on any atom is 0.111 e. The van der Waals surface area contributed by atoms with Crippen LogP contribution in [0.3, 0.4) is 0 Å². The van der Waals surface area contributed by atoms with Gasteiger partial charge in [0, 0.05) is 0 Å². The summed E-state index contributed by atoms with van der Waals surface area (Å²) in [5.41, 5.74) is 0. The summed E-state index contributed by atoms with van der Waals surface area (Å²) in [6.07, 6.45) is 20.6. The molecule has 0 fully saturated rings. The fourth-order valence-electron chi connectivity index (χ4n) is 4.39. The summed E-state index contributed by atoms with van der Waals surface area (Å²) in [4.78, 5) is 0. The maximum atomic E-state index is 2.54. The number of allylic oxidation sites excluding steroid dienone is 4. The molecule has 148 valence electrons. The molecule has 0 nitrogen and oxygen atoms in total. The minimum atomic E-state index is -1.56. The van der Waals surface area contributed by atoms with E-state index < -0.39 is 7.26 Å². The van der Waals surface area contributed by atoms with E-state index in [0.29, 0.717) is 0 Å². The van der Waals surface area contributed by atoms with Gasteiger partial charge in [-0.3, -0.25) is 0 Å². The maximum absolute atomic E-state index is 2.54. The molecule has 1 aliphatic carbocycles. The highest BCUT2D eigenvalue weighted by atomic mass is 31.2. The van der Waals surface area contributed by atoms with Gasteiger partial charge in [-0.2, -0.15) is 0 Å². The van der Waals surface area contributed by atoms with Crippen LogP contribution >= 0.6 is 7.26 Å². The molecule has 0 radical (unpaired) electrons. The zero-order valence-electron chi connectivity index (χ0n) is 17.5. The zero-order chi connectivity index (χ0) is 19.5. The van der Waals surface area contributed by atoms with Gasteiger partial charge in [-0.05, 0) is 62.1 Å². The average molecular weight is 392 g/mol. The van der Waals surface area contributed by atoms with Gasteiger partial charge in [-0.15, -0.1) is 0 Å². The Morgan fingerprint density at radius 3 is 1.79 bits per heavy atom. The highest BCUT2D eigenvalue weighted by molar-refractivity contribution is 7.93. The van der Waals surface area contributed by atoms with E-state index in [1.165, 1.54) is 63.9 Å². The first-order valence-electron chi connectivity index (χ1n) is 11.2. The smallest absolute Gasteiger partial charge is 0.0803 e. The lowest BCUT2D eigenvalue weighted by molar-refractivity contribution is 0.603. The molecule has 0 amide bonds. The van der Waals surface area contributed by atoms with E-state index >= 15 is 0 Å². The van der Waals surface area contributed by atoms with Crippen molar-refractivity contribution in [2.45, 2.75) is 64.7 Å². The second-order valence-corrected chi connectivity index (χ2v) is 11.6. The topological polar surface area (TPSA) is 0 Å². The van der Waals surface area contributed by atoms with E-state index in [1.54, 1.807) is 15.9 Å². The molecule has 0 saturated heterocycles. The molecule has 1 aliphatic rings. The summed E-state index contributed by atoms with van der Waals surface area (Å²) in [5.74, 6) is 0. The Labute approximate surface area is 173 Å². The quantitative estimate of drug-likeness (QED) is 0.273. The van der Waals surface area contributed by atoms with Gasteiger partial charge in [-0.1, -0.05) is 81.5 Å². The fraction of sp³-hybridized carbons (Fsp3) is 0.407. The van der Waals surface area contributed by atoms with Crippen molar-refractivity contribution >= 4 is 17.9 Å². The van der Waals surface area contributed by atoms with Crippen LogP contribution in [-0.2, 0) is 0 Å². The molecular weight excluding hydrogens is 355 g/mol. The minimum Gasteiger partial charge on any atom is -0.0803 e. The Balaban J connectivity index is 1.88. The van der Waals surface area contributed by atoms with E-state index in [1.807, 2.05) is 0 Å². The van der Waals surface area contributed by atoms with Gasteiger partial charge < -0.3 is 0 Å². The molecule has 0 bridgehead atoms. The molecule has 2 aromatic carbocycles. The second-order valence-electron chi connectivity index (χ2n) is 7.93. The summed E-state index contributed by atoms with van der Waals surface area (Å²) in [6, 6.07) is 22.7. The molecule has 3 rings (SSSR count). The highest BCUT2D eigenvalue weighted by Crippen LogP contribution is 2.65. The van der Waals surface area contributed by atoms with Crippen LogP contribution in [0.25, 0.3) is 0 Å². The standard InChI is InChI=1S/C27H36P/c1-2-3-4-5-6-7-17-24-28(25-18-11-8-12-19-25,26-20-13-9-14-21-26)27-22-15-10-16-23-27/h8-9,11-15,18-23H,2-7,10,16-17,24H2,1H3/q+1. The third kappa shape index (κ3) is 5.24. The number of benzene rings is 2. The SMILES string of the molecule is CCCCCCCCC[P+](C1=CCCC=C1)(c1ccccc1)c1ccccc1. The van der Waals surface area contributed by atoms with Crippen molar-refractivity contribution in [1.82, 2.24) is 0 Å². The molecular formula is C27H36P+. The van der Waals surface area contributed by atoms with Gasteiger partial charge in [-0.25, -0.2) is 0 Å². The average Bonchev–Trinajstić information content (AvgIpc) is 2.78. The molecule has 0 unspecified atom stereocenters. The molecule has 0 spiro atoms. The van der Waals surface area contributed by atoms with Crippen molar-refractivity contribution in [3.8, 4) is 0 Å². The molecule has 0 aliphatic heterocycles. The van der Waals surface area contributed by atoms with E-state index in [4.69, 9.17) is 0 Å². The Bertz CT molecular complexity index is 703. The lowest BCUT2D eigenvalue weighted by Crippen LogP contribution is -2.26. The minimum absolute atomic E-state index is 1.18. The first-order valence-corrected chi connectivity index (χ1v) is 13.2. The summed E-state index contributed by atoms with van der Waals surface area (Å²) in [6.45, 7) is 2.30. The van der Waals surface area contributed by atoms with Crippen molar-refractivity contribution in [2.75, 3.05) is 6.16 Å². The summed E-state index contributed by atoms with van der Waals surface area (Å²) < 4.78 is 0. The van der Waals surface area contributed by atoms with Crippen LogP contribution in [0.1, 0.15) is 64.7 Å². The van der Waals surface area contributed by atoms with Gasteiger partial charge in [0.2, 0.25) is 0 Å². The predicted molar refractivity (Wildman–Crippen MR) is 128 cm³/mol. The first kappa shape index (κ1) is 21.1. The van der Waals surface area contributed by atoms with Gasteiger partial charge in [0.05, 0.1) is 6.16 Å². The molecule has 2 aromatic rings. The van der Waals surface area contributed by atoms with Crippen LogP contribution < -0.4 is 10.6 Å². The normalized spacial score (nSPS) is 14.1. The molecule has 0 saturated carbocycles. The zero-order valence-corrected chi connectivity index (χ0v) is 18.4. The molecule has 0 N–H and O–H groups in total. The van der Waals surface area contributed by atoms with Gasteiger partial charge in [0.15, 0.2) is 0 Å². The van der Waals surface area contributed by atoms with Gasteiger partial charge >= 0.3 is 0 Å². The fourth-order valence-corrected chi connectivity index (χ4v) is 8.92. The molecule has 28 heavy (non-hydrogen) atoms. The molecule has 0 aromatic heterocycles. The van der Waals surface area contributed by atoms with Crippen LogP contribution in [0.2, 0.25) is 0 Å². The number of rotatable bonds is 11. The summed E-state index contributed by atoms with van der Waals surface area (Å²) >= 11 is 0. The predicted octanol–water partition coefficient (Wildman–Crippen LogP) is 7.64. The Hall–Kier alpha value is -1.65. The lowest BCUT2D eigenvalue weighted by Gasteiger charge is -2.29. The number of hydrogen-bond acceptors (Lipinski definition) is 0. The van der Waals surface area contributed by atoms with E-state index in [9.17, 15) is 0 Å². The van der Waals surface area contributed by atoms with Crippen molar-refractivity contribution in [1.29, 1.82) is 0 Å². The second kappa shape index (κ2) is 11.4. The van der Waals surface area contributed by atoms with Gasteiger partial charge in [0.1, 0.15) is 23.2 Å². The van der Waals surface area contributed by atoms with Crippen molar-refractivity contribution in [3.05, 3.63) is 84.2 Å². The van der Waals surface area contributed by atoms with Crippen LogP contribution in [0.5, 0.6) is 0 Å².